The van der Waals surface area contributed by atoms with Crippen LogP contribution < -0.4 is 10.2 Å². The van der Waals surface area contributed by atoms with Crippen molar-refractivity contribution in [3.8, 4) is 0 Å². The van der Waals surface area contributed by atoms with Crippen molar-refractivity contribution in [2.45, 2.75) is 25.8 Å². The summed E-state index contributed by atoms with van der Waals surface area (Å²) in [5.41, 5.74) is 1.71. The average Bonchev–Trinajstić information content (AvgIpc) is 2.92. The van der Waals surface area contributed by atoms with E-state index in [1.807, 2.05) is 16.7 Å². The molecule has 1 aliphatic heterocycles. The number of imidazole rings is 1. The molecule has 3 rings (SSSR count). The van der Waals surface area contributed by atoms with Gasteiger partial charge >= 0.3 is 0 Å². The smallest absolute Gasteiger partial charge is 0.205 e. The van der Waals surface area contributed by atoms with Gasteiger partial charge in [0.1, 0.15) is 6.33 Å². The van der Waals surface area contributed by atoms with Crippen LogP contribution in [0.2, 0.25) is 0 Å². The van der Waals surface area contributed by atoms with Crippen LogP contribution in [0.5, 0.6) is 0 Å². The minimum atomic E-state index is 0.659. The predicted molar refractivity (Wildman–Crippen MR) is 90.3 cm³/mol. The molecule has 0 bridgehead atoms. The fourth-order valence-electron chi connectivity index (χ4n) is 2.86. The van der Waals surface area contributed by atoms with Gasteiger partial charge in [-0.25, -0.2) is 15.0 Å². The molecule has 0 amide bonds. The summed E-state index contributed by atoms with van der Waals surface area (Å²) in [6.45, 7) is 11.0. The van der Waals surface area contributed by atoms with Crippen LogP contribution >= 0.6 is 0 Å². The fraction of sp³-hybridized carbons (Fsp3) is 0.438. The van der Waals surface area contributed by atoms with Gasteiger partial charge in [-0.1, -0.05) is 12.2 Å². The third-order valence-corrected chi connectivity index (χ3v) is 3.88. The lowest BCUT2D eigenvalue weighted by Crippen LogP contribution is -2.30. The topological polar surface area (TPSA) is 58.9 Å². The predicted octanol–water partition coefficient (Wildman–Crippen LogP) is 2.60. The van der Waals surface area contributed by atoms with E-state index in [0.29, 0.717) is 13.1 Å². The molecule has 0 spiro atoms. The summed E-state index contributed by atoms with van der Waals surface area (Å²) in [4.78, 5) is 16.0. The van der Waals surface area contributed by atoms with Gasteiger partial charge in [-0.15, -0.1) is 13.2 Å². The Labute approximate surface area is 130 Å². The van der Waals surface area contributed by atoms with Crippen LogP contribution in [0.1, 0.15) is 19.3 Å². The summed E-state index contributed by atoms with van der Waals surface area (Å²) >= 11 is 0. The lowest BCUT2D eigenvalue weighted by molar-refractivity contribution is 0.574. The number of fused-ring (bicyclic) bond motifs is 1. The zero-order valence-corrected chi connectivity index (χ0v) is 12.8. The van der Waals surface area contributed by atoms with Crippen LogP contribution in [0.15, 0.2) is 31.6 Å². The second-order valence-corrected chi connectivity index (χ2v) is 5.42. The Morgan fingerprint density at radius 3 is 2.68 bits per heavy atom. The van der Waals surface area contributed by atoms with E-state index in [1.54, 1.807) is 6.33 Å². The third kappa shape index (κ3) is 2.68. The third-order valence-electron chi connectivity index (χ3n) is 3.88. The number of nitrogens with one attached hydrogen (secondary N) is 1. The van der Waals surface area contributed by atoms with Crippen molar-refractivity contribution in [1.82, 2.24) is 19.5 Å². The van der Waals surface area contributed by atoms with E-state index in [9.17, 15) is 0 Å². The largest absolute Gasteiger partial charge is 0.355 e. The van der Waals surface area contributed by atoms with Gasteiger partial charge in [0.2, 0.25) is 5.95 Å². The molecule has 1 fully saturated rings. The van der Waals surface area contributed by atoms with Crippen molar-refractivity contribution >= 4 is 22.9 Å². The monoisotopic (exact) mass is 298 g/mol. The van der Waals surface area contributed by atoms with Crippen molar-refractivity contribution < 1.29 is 0 Å². The van der Waals surface area contributed by atoms with Crippen LogP contribution in [0.3, 0.4) is 0 Å². The van der Waals surface area contributed by atoms with E-state index in [2.05, 4.69) is 33.3 Å². The number of rotatable bonds is 6. The number of aromatic nitrogens is 4. The molecule has 1 aliphatic rings. The Hall–Kier alpha value is -2.37. The van der Waals surface area contributed by atoms with Gasteiger partial charge < -0.3 is 10.2 Å². The highest BCUT2D eigenvalue weighted by Crippen LogP contribution is 2.27. The molecular weight excluding hydrogens is 276 g/mol. The number of allylic oxidation sites excluding steroid dienone is 1. The zero-order valence-electron chi connectivity index (χ0n) is 12.8. The van der Waals surface area contributed by atoms with Gasteiger partial charge in [0.15, 0.2) is 17.0 Å². The van der Waals surface area contributed by atoms with E-state index in [-0.39, 0.29) is 0 Å². The quantitative estimate of drug-likeness (QED) is 0.831. The summed E-state index contributed by atoms with van der Waals surface area (Å²) in [5.74, 6) is 1.72. The molecule has 0 atom stereocenters. The Bertz CT molecular complexity index is 669. The molecule has 2 aromatic heterocycles. The van der Waals surface area contributed by atoms with Gasteiger partial charge in [0, 0.05) is 26.2 Å². The van der Waals surface area contributed by atoms with Crippen LogP contribution in [-0.4, -0.2) is 39.2 Å². The number of hydrogen-bond donors (Lipinski definition) is 1. The molecule has 116 valence electrons. The minimum absolute atomic E-state index is 0.659. The second-order valence-electron chi connectivity index (χ2n) is 5.42. The highest BCUT2D eigenvalue weighted by atomic mass is 15.3. The molecule has 1 saturated heterocycles. The van der Waals surface area contributed by atoms with Crippen molar-refractivity contribution in [2.75, 3.05) is 29.9 Å². The SMILES string of the molecule is C=CCNc1nc2c(N3CCCCC3)ncnc2n1CC=C. The number of anilines is 2. The van der Waals surface area contributed by atoms with Crippen LogP contribution in [0.4, 0.5) is 11.8 Å². The Morgan fingerprint density at radius 1 is 1.14 bits per heavy atom. The second kappa shape index (κ2) is 6.60. The highest BCUT2D eigenvalue weighted by Gasteiger charge is 2.20. The van der Waals surface area contributed by atoms with E-state index in [0.717, 1.165) is 36.0 Å². The molecule has 6 heteroatoms. The van der Waals surface area contributed by atoms with E-state index in [1.165, 1.54) is 19.3 Å². The number of nitrogens with zero attached hydrogens (tertiary/aromatic N) is 5. The van der Waals surface area contributed by atoms with Gasteiger partial charge in [0.25, 0.3) is 0 Å². The van der Waals surface area contributed by atoms with Crippen LogP contribution in [0.25, 0.3) is 11.2 Å². The van der Waals surface area contributed by atoms with E-state index >= 15 is 0 Å². The van der Waals surface area contributed by atoms with Crippen LogP contribution in [-0.2, 0) is 6.54 Å². The first-order valence-corrected chi connectivity index (χ1v) is 7.77. The van der Waals surface area contributed by atoms with Crippen LogP contribution in [0, 0.1) is 0 Å². The molecule has 1 N–H and O–H groups in total. The van der Waals surface area contributed by atoms with E-state index in [4.69, 9.17) is 4.98 Å². The van der Waals surface area contributed by atoms with Crippen molar-refractivity contribution in [1.29, 1.82) is 0 Å². The first kappa shape index (κ1) is 14.6. The molecule has 6 nitrogen and oxygen atoms in total. The van der Waals surface area contributed by atoms with Crippen molar-refractivity contribution in [3.63, 3.8) is 0 Å². The summed E-state index contributed by atoms with van der Waals surface area (Å²) in [7, 11) is 0. The van der Waals surface area contributed by atoms with Gasteiger partial charge in [-0.3, -0.25) is 4.57 Å². The number of piperidine rings is 1. The Kier molecular flexibility index (Phi) is 4.37. The summed E-state index contributed by atoms with van der Waals surface area (Å²) < 4.78 is 2.03. The summed E-state index contributed by atoms with van der Waals surface area (Å²) in [6, 6.07) is 0. The Balaban J connectivity index is 2.06. The molecule has 0 saturated carbocycles. The van der Waals surface area contributed by atoms with Gasteiger partial charge in [-0.2, -0.15) is 0 Å². The maximum absolute atomic E-state index is 4.73. The maximum Gasteiger partial charge on any atom is 0.205 e. The van der Waals surface area contributed by atoms with Crippen molar-refractivity contribution in [3.05, 3.63) is 31.6 Å². The molecule has 22 heavy (non-hydrogen) atoms. The molecule has 3 heterocycles. The highest BCUT2D eigenvalue weighted by molar-refractivity contribution is 5.85. The lowest BCUT2D eigenvalue weighted by Gasteiger charge is -2.27. The first-order valence-electron chi connectivity index (χ1n) is 7.77. The zero-order chi connectivity index (χ0) is 15.4. The standard InChI is InChI=1S/C16H22N6/c1-3-8-17-16-20-13-14(21-10-6-5-7-11-21)18-12-19-15(13)22(16)9-4-2/h3-4,12H,1-2,5-11H2,(H,17,20). The fourth-order valence-corrected chi connectivity index (χ4v) is 2.86. The number of hydrogen-bond acceptors (Lipinski definition) is 5. The average molecular weight is 298 g/mol. The lowest BCUT2D eigenvalue weighted by atomic mass is 10.1. The van der Waals surface area contributed by atoms with Gasteiger partial charge in [-0.05, 0) is 19.3 Å². The molecule has 0 aliphatic carbocycles. The Morgan fingerprint density at radius 2 is 1.95 bits per heavy atom. The molecule has 0 radical (unpaired) electrons. The molecule has 0 aromatic carbocycles. The summed E-state index contributed by atoms with van der Waals surface area (Å²) in [6.07, 6.45) is 9.01. The van der Waals surface area contributed by atoms with Gasteiger partial charge in [0.05, 0.1) is 0 Å². The summed E-state index contributed by atoms with van der Waals surface area (Å²) in [5, 5.41) is 3.27. The normalized spacial score (nSPS) is 15.0. The molecule has 0 unspecified atom stereocenters. The first-order chi connectivity index (χ1) is 10.8. The van der Waals surface area contributed by atoms with E-state index < -0.39 is 0 Å². The maximum atomic E-state index is 4.73. The van der Waals surface area contributed by atoms with Crippen molar-refractivity contribution in [2.24, 2.45) is 0 Å². The minimum Gasteiger partial charge on any atom is -0.355 e. The molecule has 2 aromatic rings. The molecular formula is C16H22N6.